The second-order valence-electron chi connectivity index (χ2n) is 5.67. The Labute approximate surface area is 113 Å². The lowest BCUT2D eigenvalue weighted by Gasteiger charge is -2.16. The first kappa shape index (κ1) is 12.3. The molecule has 3 nitrogen and oxygen atoms in total. The Bertz CT molecular complexity index is 590. The minimum atomic E-state index is 0.290. The number of pyridine rings is 1. The summed E-state index contributed by atoms with van der Waals surface area (Å²) in [5, 5.41) is 15.2. The number of fused-ring (bicyclic) bond motifs is 1. The third-order valence-corrected chi connectivity index (χ3v) is 4.12. The summed E-state index contributed by atoms with van der Waals surface area (Å²) >= 11 is 0. The van der Waals surface area contributed by atoms with Crippen LogP contribution in [0.25, 0.3) is 10.8 Å². The quantitative estimate of drug-likeness (QED) is 0.852. The number of aromatic nitrogens is 1. The maximum Gasteiger partial charge on any atom is 0.133 e. The highest BCUT2D eigenvalue weighted by atomic mass is 16.3. The second-order valence-corrected chi connectivity index (χ2v) is 5.67. The van der Waals surface area contributed by atoms with Crippen molar-refractivity contribution in [1.29, 1.82) is 0 Å². The zero-order valence-corrected chi connectivity index (χ0v) is 11.3. The fraction of sp³-hybridized carbons (Fsp3) is 0.438. The molecule has 1 saturated carbocycles. The molecule has 3 heteroatoms. The number of phenolic OH excluding ortho intramolecular Hbond substituents is 1. The van der Waals surface area contributed by atoms with Crippen molar-refractivity contribution in [2.24, 2.45) is 5.41 Å². The third-order valence-electron chi connectivity index (χ3n) is 4.12. The van der Waals surface area contributed by atoms with E-state index in [9.17, 15) is 5.11 Å². The molecule has 0 unspecified atom stereocenters. The van der Waals surface area contributed by atoms with Crippen molar-refractivity contribution >= 4 is 16.6 Å². The van der Waals surface area contributed by atoms with Gasteiger partial charge in [-0.1, -0.05) is 19.4 Å². The summed E-state index contributed by atoms with van der Waals surface area (Å²) < 4.78 is 0. The minimum absolute atomic E-state index is 0.290. The number of nitrogens with zero attached hydrogens (tertiary/aromatic N) is 1. The first-order valence-corrected chi connectivity index (χ1v) is 7.04. The van der Waals surface area contributed by atoms with Gasteiger partial charge in [-0.25, -0.2) is 4.98 Å². The van der Waals surface area contributed by atoms with Crippen LogP contribution in [0.15, 0.2) is 30.5 Å². The molecule has 19 heavy (non-hydrogen) atoms. The summed E-state index contributed by atoms with van der Waals surface area (Å²) in [6.45, 7) is 3.23. The number of benzene rings is 1. The van der Waals surface area contributed by atoms with Gasteiger partial charge in [0.2, 0.25) is 0 Å². The molecule has 0 amide bonds. The molecule has 1 fully saturated rings. The molecule has 2 aromatic rings. The summed E-state index contributed by atoms with van der Waals surface area (Å²) in [6.07, 6.45) is 7.00. The lowest BCUT2D eigenvalue weighted by molar-refractivity contribution is 0.476. The fourth-order valence-corrected chi connectivity index (χ4v) is 2.79. The number of phenols is 1. The largest absolute Gasteiger partial charge is 0.508 e. The van der Waals surface area contributed by atoms with Gasteiger partial charge in [-0.15, -0.1) is 0 Å². The molecule has 0 radical (unpaired) electrons. The number of rotatable bonds is 5. The highest BCUT2D eigenvalue weighted by Crippen LogP contribution is 2.49. The van der Waals surface area contributed by atoms with E-state index in [4.69, 9.17) is 0 Å². The number of hydrogen-bond acceptors (Lipinski definition) is 3. The van der Waals surface area contributed by atoms with Gasteiger partial charge in [0.05, 0.1) is 0 Å². The number of aromatic hydroxyl groups is 1. The first-order chi connectivity index (χ1) is 9.22. The maximum atomic E-state index is 9.62. The minimum Gasteiger partial charge on any atom is -0.508 e. The molecule has 0 atom stereocenters. The van der Waals surface area contributed by atoms with Crippen molar-refractivity contribution in [3.05, 3.63) is 30.5 Å². The van der Waals surface area contributed by atoms with Gasteiger partial charge in [-0.3, -0.25) is 0 Å². The molecule has 100 valence electrons. The molecule has 0 saturated heterocycles. The van der Waals surface area contributed by atoms with Crippen LogP contribution in [0.3, 0.4) is 0 Å². The molecule has 1 heterocycles. The molecular weight excluding hydrogens is 236 g/mol. The molecule has 1 aliphatic carbocycles. The topological polar surface area (TPSA) is 45.2 Å². The lowest BCUT2D eigenvalue weighted by atomic mass is 10.0. The zero-order valence-electron chi connectivity index (χ0n) is 11.3. The van der Waals surface area contributed by atoms with Gasteiger partial charge in [0.25, 0.3) is 0 Å². The SMILES string of the molecule is CCCC1(CNc2nccc3ccc(O)cc23)CC1. The molecule has 0 spiro atoms. The van der Waals surface area contributed by atoms with Gasteiger partial charge in [0, 0.05) is 18.1 Å². The number of nitrogens with one attached hydrogen (secondary N) is 1. The van der Waals surface area contributed by atoms with Crippen LogP contribution in [0.5, 0.6) is 5.75 Å². The van der Waals surface area contributed by atoms with Gasteiger partial charge in [0.15, 0.2) is 0 Å². The molecule has 0 aliphatic heterocycles. The van der Waals surface area contributed by atoms with Crippen molar-refractivity contribution in [3.63, 3.8) is 0 Å². The van der Waals surface area contributed by atoms with E-state index < -0.39 is 0 Å². The van der Waals surface area contributed by atoms with E-state index in [1.165, 1.54) is 25.7 Å². The highest BCUT2D eigenvalue weighted by Gasteiger charge is 2.41. The Hall–Kier alpha value is -1.77. The normalized spacial score (nSPS) is 16.5. The summed E-state index contributed by atoms with van der Waals surface area (Å²) in [6, 6.07) is 7.39. The van der Waals surface area contributed by atoms with E-state index in [1.807, 2.05) is 18.3 Å². The molecule has 3 rings (SSSR count). The van der Waals surface area contributed by atoms with Crippen LogP contribution in [0, 0.1) is 5.41 Å². The van der Waals surface area contributed by atoms with Gasteiger partial charge in [-0.2, -0.15) is 0 Å². The molecule has 0 bridgehead atoms. The Morgan fingerprint density at radius 1 is 1.32 bits per heavy atom. The molecular formula is C16H20N2O. The predicted molar refractivity (Wildman–Crippen MR) is 78.5 cm³/mol. The molecule has 1 aliphatic rings. The number of hydrogen-bond donors (Lipinski definition) is 2. The van der Waals surface area contributed by atoms with Crippen LogP contribution >= 0.6 is 0 Å². The van der Waals surface area contributed by atoms with Crippen LogP contribution in [0.4, 0.5) is 5.82 Å². The Morgan fingerprint density at radius 3 is 2.89 bits per heavy atom. The van der Waals surface area contributed by atoms with Crippen LogP contribution in [-0.2, 0) is 0 Å². The van der Waals surface area contributed by atoms with Gasteiger partial charge >= 0.3 is 0 Å². The third kappa shape index (κ3) is 2.50. The number of anilines is 1. The Kier molecular flexibility index (Phi) is 3.05. The van der Waals surface area contributed by atoms with Gasteiger partial charge in [0.1, 0.15) is 11.6 Å². The van der Waals surface area contributed by atoms with E-state index >= 15 is 0 Å². The van der Waals surface area contributed by atoms with E-state index in [0.717, 1.165) is 23.1 Å². The average Bonchev–Trinajstić information content (AvgIpc) is 3.17. The summed E-state index contributed by atoms with van der Waals surface area (Å²) in [5.74, 6) is 1.18. The van der Waals surface area contributed by atoms with Crippen molar-refractivity contribution in [1.82, 2.24) is 4.98 Å². The maximum absolute atomic E-state index is 9.62. The summed E-state index contributed by atoms with van der Waals surface area (Å²) in [5.41, 5.74) is 0.495. The highest BCUT2D eigenvalue weighted by molar-refractivity contribution is 5.92. The smallest absolute Gasteiger partial charge is 0.133 e. The van der Waals surface area contributed by atoms with Crippen LogP contribution < -0.4 is 5.32 Å². The Balaban J connectivity index is 1.83. The average molecular weight is 256 g/mol. The molecule has 2 N–H and O–H groups in total. The van der Waals surface area contributed by atoms with E-state index in [0.29, 0.717) is 11.2 Å². The predicted octanol–water partition coefficient (Wildman–Crippen LogP) is 3.93. The van der Waals surface area contributed by atoms with Crippen molar-refractivity contribution in [3.8, 4) is 5.75 Å². The second kappa shape index (κ2) is 4.72. The monoisotopic (exact) mass is 256 g/mol. The summed E-state index contributed by atoms with van der Waals surface area (Å²) in [7, 11) is 0. The van der Waals surface area contributed by atoms with Crippen molar-refractivity contribution in [2.45, 2.75) is 32.6 Å². The van der Waals surface area contributed by atoms with Crippen LogP contribution in [0.1, 0.15) is 32.6 Å². The Morgan fingerprint density at radius 2 is 2.16 bits per heavy atom. The molecule has 1 aromatic carbocycles. The molecule has 1 aromatic heterocycles. The van der Waals surface area contributed by atoms with E-state index in [-0.39, 0.29) is 0 Å². The zero-order chi connectivity index (χ0) is 13.3. The summed E-state index contributed by atoms with van der Waals surface area (Å²) in [4.78, 5) is 4.42. The van der Waals surface area contributed by atoms with E-state index in [1.54, 1.807) is 12.1 Å². The first-order valence-electron chi connectivity index (χ1n) is 7.04. The van der Waals surface area contributed by atoms with E-state index in [2.05, 4.69) is 17.2 Å². The lowest BCUT2D eigenvalue weighted by Crippen LogP contribution is -2.16. The van der Waals surface area contributed by atoms with Crippen molar-refractivity contribution < 1.29 is 5.11 Å². The standard InChI is InChI=1S/C16H20N2O/c1-2-6-16(7-8-16)11-18-15-14-10-13(19)4-3-12(14)5-9-17-15/h3-5,9-10,19H,2,6-8,11H2,1H3,(H,17,18). The van der Waals surface area contributed by atoms with Crippen LogP contribution in [0.2, 0.25) is 0 Å². The van der Waals surface area contributed by atoms with Gasteiger partial charge < -0.3 is 10.4 Å². The van der Waals surface area contributed by atoms with Crippen molar-refractivity contribution in [2.75, 3.05) is 11.9 Å². The van der Waals surface area contributed by atoms with Gasteiger partial charge in [-0.05, 0) is 48.3 Å². The van der Waals surface area contributed by atoms with Crippen LogP contribution in [-0.4, -0.2) is 16.6 Å². The fourth-order valence-electron chi connectivity index (χ4n) is 2.79.